The first-order valence-corrected chi connectivity index (χ1v) is 7.69. The highest BCUT2D eigenvalue weighted by atomic mass is 16.5. The van der Waals surface area contributed by atoms with E-state index in [1.54, 1.807) is 30.3 Å². The van der Waals surface area contributed by atoms with E-state index in [-0.39, 0.29) is 12.6 Å². The smallest absolute Gasteiger partial charge is 0.338 e. The molecule has 4 heteroatoms. The number of nitrogens with zero attached hydrogens (tertiary/aromatic N) is 2. The molecule has 0 aliphatic rings. The number of carbonyl (C=O) groups is 1. The first-order valence-electron chi connectivity index (χ1n) is 7.69. The summed E-state index contributed by atoms with van der Waals surface area (Å²) in [7, 11) is 0. The number of ether oxygens (including phenoxy) is 1. The van der Waals surface area contributed by atoms with Crippen molar-refractivity contribution in [2.45, 2.75) is 20.5 Å². The van der Waals surface area contributed by atoms with Crippen LogP contribution >= 0.6 is 0 Å². The van der Waals surface area contributed by atoms with Crippen LogP contribution in [0.1, 0.15) is 35.3 Å². The molecule has 0 aliphatic carbocycles. The van der Waals surface area contributed by atoms with Crippen LogP contribution in [0.2, 0.25) is 0 Å². The van der Waals surface area contributed by atoms with Crippen LogP contribution in [-0.2, 0) is 11.3 Å². The van der Waals surface area contributed by atoms with Crippen LogP contribution < -0.4 is 4.90 Å². The van der Waals surface area contributed by atoms with Gasteiger partial charge < -0.3 is 9.64 Å². The lowest BCUT2D eigenvalue weighted by atomic mass is 10.1. The molecule has 0 aliphatic heterocycles. The van der Waals surface area contributed by atoms with E-state index in [1.807, 2.05) is 18.2 Å². The Bertz CT molecular complexity index is 698. The Morgan fingerprint density at radius 1 is 1.13 bits per heavy atom. The zero-order chi connectivity index (χ0) is 16.7. The number of esters is 1. The van der Waals surface area contributed by atoms with Gasteiger partial charge in [-0.05, 0) is 55.8 Å². The van der Waals surface area contributed by atoms with Gasteiger partial charge in [-0.2, -0.15) is 5.26 Å². The molecular formula is C19H20N2O2. The third-order valence-electron chi connectivity index (χ3n) is 3.66. The predicted molar refractivity (Wildman–Crippen MR) is 90.3 cm³/mol. The fourth-order valence-corrected chi connectivity index (χ4v) is 2.36. The highest BCUT2D eigenvalue weighted by molar-refractivity contribution is 5.89. The molecule has 0 saturated carbocycles. The third kappa shape index (κ3) is 4.33. The van der Waals surface area contributed by atoms with Crippen molar-refractivity contribution >= 4 is 11.7 Å². The van der Waals surface area contributed by atoms with Gasteiger partial charge in [0.25, 0.3) is 0 Å². The molecule has 4 nitrogen and oxygen atoms in total. The zero-order valence-corrected chi connectivity index (χ0v) is 13.5. The second-order valence-corrected chi connectivity index (χ2v) is 5.11. The van der Waals surface area contributed by atoms with E-state index in [0.717, 1.165) is 24.3 Å². The van der Waals surface area contributed by atoms with Crippen LogP contribution in [0.15, 0.2) is 48.5 Å². The normalized spacial score (nSPS) is 9.96. The van der Waals surface area contributed by atoms with Gasteiger partial charge in [0.05, 0.1) is 17.2 Å². The predicted octanol–water partition coefficient (Wildman–Crippen LogP) is 3.76. The molecule has 2 rings (SSSR count). The number of carbonyl (C=O) groups excluding carboxylic acids is 1. The van der Waals surface area contributed by atoms with Gasteiger partial charge in [-0.3, -0.25) is 0 Å². The number of hydrogen-bond acceptors (Lipinski definition) is 4. The molecule has 0 heterocycles. The number of anilines is 1. The van der Waals surface area contributed by atoms with Gasteiger partial charge in [0.1, 0.15) is 6.61 Å². The third-order valence-corrected chi connectivity index (χ3v) is 3.66. The number of rotatable bonds is 6. The minimum Gasteiger partial charge on any atom is -0.457 e. The Morgan fingerprint density at radius 2 is 1.83 bits per heavy atom. The average molecular weight is 308 g/mol. The maximum Gasteiger partial charge on any atom is 0.338 e. The molecule has 0 spiro atoms. The molecule has 2 aromatic rings. The Labute approximate surface area is 136 Å². The van der Waals surface area contributed by atoms with Crippen molar-refractivity contribution in [3.63, 3.8) is 0 Å². The zero-order valence-electron chi connectivity index (χ0n) is 13.5. The molecule has 0 bridgehead atoms. The van der Waals surface area contributed by atoms with Crippen molar-refractivity contribution in [3.8, 4) is 6.07 Å². The maximum atomic E-state index is 12.1. The summed E-state index contributed by atoms with van der Waals surface area (Å²) in [4.78, 5) is 14.3. The molecule has 0 aromatic heterocycles. The lowest BCUT2D eigenvalue weighted by Crippen LogP contribution is -2.21. The van der Waals surface area contributed by atoms with Crippen LogP contribution in [0.4, 0.5) is 5.69 Å². The van der Waals surface area contributed by atoms with E-state index in [9.17, 15) is 4.79 Å². The van der Waals surface area contributed by atoms with E-state index in [1.165, 1.54) is 0 Å². The monoisotopic (exact) mass is 308 g/mol. The minimum atomic E-state index is -0.363. The summed E-state index contributed by atoms with van der Waals surface area (Å²) in [5.41, 5.74) is 2.98. The second kappa shape index (κ2) is 8.00. The largest absolute Gasteiger partial charge is 0.457 e. The lowest BCUT2D eigenvalue weighted by molar-refractivity contribution is 0.0472. The molecule has 0 radical (unpaired) electrons. The summed E-state index contributed by atoms with van der Waals surface area (Å²) < 4.78 is 5.30. The molecular weight excluding hydrogens is 288 g/mol. The fourth-order valence-electron chi connectivity index (χ4n) is 2.36. The van der Waals surface area contributed by atoms with E-state index < -0.39 is 0 Å². The van der Waals surface area contributed by atoms with Crippen molar-refractivity contribution in [1.29, 1.82) is 5.26 Å². The van der Waals surface area contributed by atoms with Crippen LogP contribution in [0, 0.1) is 11.3 Å². The van der Waals surface area contributed by atoms with Crippen LogP contribution in [0.3, 0.4) is 0 Å². The summed E-state index contributed by atoms with van der Waals surface area (Å²) in [6, 6.07) is 16.5. The summed E-state index contributed by atoms with van der Waals surface area (Å²) >= 11 is 0. The minimum absolute atomic E-state index is 0.159. The maximum absolute atomic E-state index is 12.1. The number of benzene rings is 2. The van der Waals surface area contributed by atoms with Gasteiger partial charge in [0.2, 0.25) is 0 Å². The highest BCUT2D eigenvalue weighted by Gasteiger charge is 2.09. The molecule has 0 N–H and O–H groups in total. The van der Waals surface area contributed by atoms with Crippen molar-refractivity contribution in [1.82, 2.24) is 0 Å². The van der Waals surface area contributed by atoms with E-state index >= 15 is 0 Å². The van der Waals surface area contributed by atoms with Gasteiger partial charge in [0.15, 0.2) is 0 Å². The lowest BCUT2D eigenvalue weighted by Gasteiger charge is -2.20. The molecule has 0 unspecified atom stereocenters. The summed E-state index contributed by atoms with van der Waals surface area (Å²) in [6.07, 6.45) is 0. The van der Waals surface area contributed by atoms with E-state index in [4.69, 9.17) is 10.00 Å². The molecule has 0 saturated heterocycles. The quantitative estimate of drug-likeness (QED) is 0.762. The standard InChI is InChI=1S/C19H20N2O2/c1-3-21(4-2)18-10-8-17(9-11-18)19(22)23-14-16-7-5-6-15(12-16)13-20/h5-12H,3-4,14H2,1-2H3. The van der Waals surface area contributed by atoms with E-state index in [2.05, 4.69) is 24.8 Å². The van der Waals surface area contributed by atoms with Gasteiger partial charge in [-0.1, -0.05) is 12.1 Å². The number of nitriles is 1. The molecule has 2 aromatic carbocycles. The SMILES string of the molecule is CCN(CC)c1ccc(C(=O)OCc2cccc(C#N)c2)cc1. The Morgan fingerprint density at radius 3 is 2.43 bits per heavy atom. The number of hydrogen-bond donors (Lipinski definition) is 0. The second-order valence-electron chi connectivity index (χ2n) is 5.11. The first kappa shape index (κ1) is 16.6. The molecule has 118 valence electrons. The first-order chi connectivity index (χ1) is 11.2. The van der Waals surface area contributed by atoms with Crippen LogP contribution in [0.5, 0.6) is 0 Å². The van der Waals surface area contributed by atoms with Crippen molar-refractivity contribution < 1.29 is 9.53 Å². The Hall–Kier alpha value is -2.80. The molecule has 0 amide bonds. The molecule has 23 heavy (non-hydrogen) atoms. The highest BCUT2D eigenvalue weighted by Crippen LogP contribution is 2.16. The average Bonchev–Trinajstić information content (AvgIpc) is 2.61. The van der Waals surface area contributed by atoms with Crippen LogP contribution in [-0.4, -0.2) is 19.1 Å². The van der Waals surface area contributed by atoms with Gasteiger partial charge >= 0.3 is 5.97 Å². The molecule has 0 atom stereocenters. The van der Waals surface area contributed by atoms with Crippen molar-refractivity contribution in [2.24, 2.45) is 0 Å². The van der Waals surface area contributed by atoms with Crippen molar-refractivity contribution in [3.05, 3.63) is 65.2 Å². The summed E-state index contributed by atoms with van der Waals surface area (Å²) in [6.45, 7) is 6.21. The van der Waals surface area contributed by atoms with Crippen LogP contribution in [0.25, 0.3) is 0 Å². The van der Waals surface area contributed by atoms with Gasteiger partial charge in [-0.25, -0.2) is 4.79 Å². The Kier molecular flexibility index (Phi) is 5.76. The van der Waals surface area contributed by atoms with Gasteiger partial charge in [0, 0.05) is 18.8 Å². The fraction of sp³-hybridized carbons (Fsp3) is 0.263. The summed E-state index contributed by atoms with van der Waals surface area (Å²) in [5.74, 6) is -0.363. The van der Waals surface area contributed by atoms with E-state index in [0.29, 0.717) is 11.1 Å². The van der Waals surface area contributed by atoms with Crippen molar-refractivity contribution in [2.75, 3.05) is 18.0 Å². The molecule has 0 fully saturated rings. The van der Waals surface area contributed by atoms with Gasteiger partial charge in [-0.15, -0.1) is 0 Å². The topological polar surface area (TPSA) is 53.3 Å². The Balaban J connectivity index is 1.99. The summed E-state index contributed by atoms with van der Waals surface area (Å²) in [5, 5.41) is 8.87.